The Morgan fingerprint density at radius 2 is 1.23 bits per heavy atom. The lowest BCUT2D eigenvalue weighted by Crippen LogP contribution is -2.46. The summed E-state index contributed by atoms with van der Waals surface area (Å²) in [6.45, 7) is 11.9. The number of carboxylic acids is 1. The molecule has 2 saturated heterocycles. The van der Waals surface area contributed by atoms with E-state index in [1.54, 1.807) is 17.9 Å². The first kappa shape index (κ1) is 71.6. The number of hydrogen-bond donors (Lipinski definition) is 2. The van der Waals surface area contributed by atoms with Gasteiger partial charge in [0.25, 0.3) is 0 Å². The number of benzene rings is 3. The van der Waals surface area contributed by atoms with E-state index >= 15 is 0 Å². The van der Waals surface area contributed by atoms with E-state index in [9.17, 15) is 37.9 Å². The summed E-state index contributed by atoms with van der Waals surface area (Å²) in [5.41, 5.74) is 1.93. The van der Waals surface area contributed by atoms with Crippen molar-refractivity contribution in [2.24, 2.45) is 5.92 Å². The number of rotatable bonds is 39. The van der Waals surface area contributed by atoms with Gasteiger partial charge in [0.05, 0.1) is 37.6 Å². The van der Waals surface area contributed by atoms with E-state index in [-0.39, 0.29) is 50.2 Å². The predicted octanol–water partition coefficient (Wildman–Crippen LogP) is 12.0. The number of carboxylic acid groups (broad SMARTS) is 1. The third-order valence-corrected chi connectivity index (χ3v) is 16.4. The van der Waals surface area contributed by atoms with Crippen LogP contribution in [0.1, 0.15) is 181 Å². The maximum absolute atomic E-state index is 15.0. The number of piperazine rings is 1. The number of unbranched alkanes of at least 4 members (excludes halogenated alkanes) is 16. The fraction of sp³-hybridized carbons (Fsp3) is 0.588. The minimum atomic E-state index is -1.29. The van der Waals surface area contributed by atoms with Crippen LogP contribution in [-0.2, 0) is 50.3 Å². The van der Waals surface area contributed by atoms with Crippen LogP contribution in [0.3, 0.4) is 0 Å². The van der Waals surface area contributed by atoms with Crippen LogP contribution in [0.5, 0.6) is 5.75 Å². The zero-order valence-electron chi connectivity index (χ0n) is 53.3. The zero-order valence-corrected chi connectivity index (χ0v) is 53.3. The Labute approximate surface area is 528 Å². The van der Waals surface area contributed by atoms with Crippen LogP contribution < -0.4 is 20.2 Å². The number of ether oxygens (including phenoxy) is 5. The van der Waals surface area contributed by atoms with Crippen molar-refractivity contribution in [3.05, 3.63) is 126 Å². The fourth-order valence-electron chi connectivity index (χ4n) is 11.4. The van der Waals surface area contributed by atoms with Crippen LogP contribution in [0.4, 0.5) is 20.2 Å². The number of halogens is 2. The molecule has 0 bridgehead atoms. The second-order valence-corrected chi connectivity index (χ2v) is 23.6. The van der Waals surface area contributed by atoms with Crippen LogP contribution in [0.15, 0.2) is 103 Å². The van der Waals surface area contributed by atoms with Gasteiger partial charge in [-0.15, -0.1) is 0 Å². The molecule has 0 amide bonds. The zero-order chi connectivity index (χ0) is 64.5. The number of nitrogens with zero attached hydrogens (tertiary/aromatic N) is 8. The summed E-state index contributed by atoms with van der Waals surface area (Å²) >= 11 is 0. The number of aliphatic hydroxyl groups is 1. The first-order chi connectivity index (χ1) is 43.6. The van der Waals surface area contributed by atoms with Gasteiger partial charge in [-0.2, -0.15) is 10.2 Å². The first-order valence-electron chi connectivity index (χ1n) is 32.6. The fourth-order valence-corrected chi connectivity index (χ4v) is 11.4. The average molecular weight is 1260 g/mol. The number of aliphatic hydroxyl groups excluding tert-OH is 1. The largest absolute Gasteiger partial charge is 0.493 e. The number of aliphatic carboxylic acids is 1. The Balaban J connectivity index is 0.000000299. The molecule has 2 fully saturated rings. The summed E-state index contributed by atoms with van der Waals surface area (Å²) in [5.74, 6) is -3.56. The number of carbonyl (C=O) groups excluding carboxylic acids is 3. The van der Waals surface area contributed by atoms with E-state index in [1.807, 2.05) is 43.3 Å². The predicted molar refractivity (Wildman–Crippen MR) is 340 cm³/mol. The van der Waals surface area contributed by atoms with Gasteiger partial charge in [0.1, 0.15) is 55.2 Å². The molecule has 3 unspecified atom stereocenters. The highest BCUT2D eigenvalue weighted by Crippen LogP contribution is 2.42. The smallest absolute Gasteiger partial charge is 0.350 e. The molecule has 494 valence electrons. The summed E-state index contributed by atoms with van der Waals surface area (Å²) < 4.78 is 61.2. The Morgan fingerprint density at radius 1 is 0.700 bits per heavy atom. The Bertz CT molecular complexity index is 2950. The molecule has 2 aromatic heterocycles. The van der Waals surface area contributed by atoms with Gasteiger partial charge in [-0.1, -0.05) is 130 Å². The minimum Gasteiger partial charge on any atom is -0.493 e. The van der Waals surface area contributed by atoms with Gasteiger partial charge >= 0.3 is 29.6 Å². The van der Waals surface area contributed by atoms with Gasteiger partial charge in [0.15, 0.2) is 6.10 Å². The first-order valence-corrected chi connectivity index (χ1v) is 32.6. The van der Waals surface area contributed by atoms with Crippen LogP contribution in [0, 0.1) is 17.6 Å². The lowest BCUT2D eigenvalue weighted by Gasteiger charge is -2.37. The van der Waals surface area contributed by atoms with Crippen LogP contribution in [0.2, 0.25) is 0 Å². The maximum atomic E-state index is 15.0. The molecule has 2 aliphatic rings. The molecule has 0 radical (unpaired) electrons. The molecule has 4 heterocycles. The van der Waals surface area contributed by atoms with Crippen LogP contribution in [0.25, 0.3) is 5.69 Å². The molecular formula is C68H96F2N8O12. The summed E-state index contributed by atoms with van der Waals surface area (Å²) in [6.07, 6.45) is 26.4. The maximum Gasteiger partial charge on any atom is 0.350 e. The molecule has 22 heteroatoms. The molecule has 2 aliphatic heterocycles. The van der Waals surface area contributed by atoms with Crippen molar-refractivity contribution >= 4 is 35.3 Å². The van der Waals surface area contributed by atoms with E-state index in [4.69, 9.17) is 28.8 Å². The molecule has 7 rings (SSSR count). The second kappa shape index (κ2) is 38.9. The molecule has 3 aromatic carbocycles. The Morgan fingerprint density at radius 3 is 1.73 bits per heavy atom. The summed E-state index contributed by atoms with van der Waals surface area (Å²) in [4.78, 5) is 68.5. The SMILES string of the molecule is CCC(C(C)O)n1ncn(-c2ccc(N3CCN(c4ccc(OC[C@@H]5COC(Cn6cncn6)(c6ccc(F)cc6F)C5)cc4)CC3)cc2)c1=O.CCCCCCCCCCCC(=O)OCC(COC(=O)CCCCCCCCCCC)OC(=O)/C=C/C(=O)O. The van der Waals surface area contributed by atoms with Gasteiger partial charge in [-0.05, 0) is 87.2 Å². The van der Waals surface area contributed by atoms with E-state index in [0.717, 1.165) is 99.7 Å². The van der Waals surface area contributed by atoms with Crippen LogP contribution in [-0.4, -0.2) is 128 Å². The number of carbonyl (C=O) groups is 4. The van der Waals surface area contributed by atoms with E-state index in [2.05, 4.69) is 51.0 Å². The quantitative estimate of drug-likeness (QED) is 0.0161. The number of aromatic nitrogens is 6. The minimum absolute atomic E-state index is 0.0121. The monoisotopic (exact) mass is 1250 g/mol. The summed E-state index contributed by atoms with van der Waals surface area (Å²) in [6, 6.07) is 19.2. The topological polar surface area (TPSA) is 232 Å². The summed E-state index contributed by atoms with van der Waals surface area (Å²) in [7, 11) is 0. The van der Waals surface area contributed by atoms with Crippen molar-refractivity contribution in [3.63, 3.8) is 0 Å². The Hall–Kier alpha value is -7.46. The Kier molecular flexibility index (Phi) is 31.0. The third kappa shape index (κ3) is 24.1. The summed E-state index contributed by atoms with van der Waals surface area (Å²) in [5, 5.41) is 27.2. The van der Waals surface area contributed by atoms with Gasteiger partial charge in [0, 0.05) is 80.1 Å². The second-order valence-electron chi connectivity index (χ2n) is 23.6. The third-order valence-electron chi connectivity index (χ3n) is 16.4. The van der Waals surface area contributed by atoms with E-state index in [1.165, 1.54) is 111 Å². The molecule has 4 atom stereocenters. The lowest BCUT2D eigenvalue weighted by molar-refractivity contribution is -0.163. The highest BCUT2D eigenvalue weighted by molar-refractivity contribution is 5.90. The molecule has 0 spiro atoms. The van der Waals surface area contributed by atoms with Crippen molar-refractivity contribution in [1.82, 2.24) is 29.1 Å². The number of esters is 3. The molecule has 20 nitrogen and oxygen atoms in total. The normalized spacial score (nSPS) is 16.4. The van der Waals surface area contributed by atoms with E-state index < -0.39 is 53.3 Å². The van der Waals surface area contributed by atoms with Crippen molar-refractivity contribution in [2.75, 3.05) is 62.4 Å². The lowest BCUT2D eigenvalue weighted by atomic mass is 9.87. The average Bonchev–Trinajstić information content (AvgIpc) is 1.65. The molecule has 5 aromatic rings. The van der Waals surface area contributed by atoms with Crippen molar-refractivity contribution < 1.29 is 61.9 Å². The van der Waals surface area contributed by atoms with Gasteiger partial charge < -0.3 is 43.7 Å². The molecular weight excluding hydrogens is 1160 g/mol. The molecule has 90 heavy (non-hydrogen) atoms. The van der Waals surface area contributed by atoms with Gasteiger partial charge in [-0.25, -0.2) is 42.1 Å². The molecule has 2 N–H and O–H groups in total. The van der Waals surface area contributed by atoms with Crippen molar-refractivity contribution in [3.8, 4) is 11.4 Å². The number of anilines is 2. The van der Waals surface area contributed by atoms with Crippen molar-refractivity contribution in [1.29, 1.82) is 0 Å². The highest BCUT2D eigenvalue weighted by Gasteiger charge is 2.45. The van der Waals surface area contributed by atoms with Crippen molar-refractivity contribution in [2.45, 2.75) is 199 Å². The molecule has 0 saturated carbocycles. The number of hydrogen-bond acceptors (Lipinski definition) is 16. The standard InChI is InChI=1S/C37H42F2N8O4.C31H54O8/c1-3-35(26(2)48)47-36(49)46(25-42-47)31-7-5-29(6-8-31)43-14-16-44(17-15-43)30-9-11-32(12-10-30)50-20-27-19-37(51-21-27,22-45-24-40-23-41-45)33-13-4-28(38)18-34(33)39;1-3-5-7-9-11-13-15-17-19-21-29(34)37-25-27(39-31(36)24-23-28(32)33)26-38-30(35)22-20-18-16-14-12-10-8-6-4-2/h4-13,18,23-27,35,48H,3,14-17,19-22H2,1-2H3;23-24,27H,3-22,25-26H2,1-2H3,(H,32,33)/b;24-23+/t26?,27-,35?,37?;/m1./s1. The van der Waals surface area contributed by atoms with E-state index in [0.29, 0.717) is 37.7 Å². The molecule has 0 aliphatic carbocycles. The van der Waals surface area contributed by atoms with Gasteiger partial charge in [-0.3, -0.25) is 9.59 Å². The van der Waals surface area contributed by atoms with Crippen LogP contribution >= 0.6 is 0 Å². The highest BCUT2D eigenvalue weighted by atomic mass is 19.1. The van der Waals surface area contributed by atoms with Gasteiger partial charge in [0.2, 0.25) is 0 Å².